The molecule has 0 radical (unpaired) electrons. The molecule has 3 heterocycles. The Labute approximate surface area is 175 Å². The standard InChI is InChI=1S/C20H24N6O3S/c21-19-9-11-24-20(22,25-19)15-5-7-18(8-6-15)30(27,28)26-12-2-4-17(14-26)29-16-3-1-10-23-13-16/h1,3,5-11,13,17,24H,2,4,12,14,22H2,(H2,21,25). The van der Waals surface area contributed by atoms with E-state index in [1.54, 1.807) is 42.9 Å². The molecule has 9 nitrogen and oxygen atoms in total. The number of rotatable bonds is 5. The van der Waals surface area contributed by atoms with E-state index in [2.05, 4.69) is 15.3 Å². The van der Waals surface area contributed by atoms with Gasteiger partial charge in [0.15, 0.2) is 0 Å². The second-order valence-corrected chi connectivity index (χ2v) is 9.18. The van der Waals surface area contributed by atoms with E-state index in [4.69, 9.17) is 16.2 Å². The summed E-state index contributed by atoms with van der Waals surface area (Å²) < 4.78 is 33.7. The van der Waals surface area contributed by atoms with E-state index in [0.29, 0.717) is 23.7 Å². The van der Waals surface area contributed by atoms with Gasteiger partial charge in [0, 0.05) is 24.5 Å². The van der Waals surface area contributed by atoms with Crippen LogP contribution in [0.15, 0.2) is 71.0 Å². The number of ether oxygens (including phenoxy) is 1. The maximum atomic E-state index is 13.2. The van der Waals surface area contributed by atoms with Gasteiger partial charge < -0.3 is 15.8 Å². The summed E-state index contributed by atoms with van der Waals surface area (Å²) >= 11 is 0. The minimum absolute atomic E-state index is 0.195. The molecule has 30 heavy (non-hydrogen) atoms. The maximum Gasteiger partial charge on any atom is 0.243 e. The van der Waals surface area contributed by atoms with Crippen molar-refractivity contribution in [3.05, 3.63) is 66.6 Å². The third-order valence-electron chi connectivity index (χ3n) is 5.07. The van der Waals surface area contributed by atoms with Gasteiger partial charge >= 0.3 is 0 Å². The minimum atomic E-state index is -3.66. The number of piperidine rings is 1. The highest BCUT2D eigenvalue weighted by molar-refractivity contribution is 7.89. The first-order valence-electron chi connectivity index (χ1n) is 9.63. The van der Waals surface area contributed by atoms with Crippen LogP contribution in [0.25, 0.3) is 0 Å². The Morgan fingerprint density at radius 2 is 2.03 bits per heavy atom. The van der Waals surface area contributed by atoms with Crippen LogP contribution in [0.1, 0.15) is 18.4 Å². The van der Waals surface area contributed by atoms with Gasteiger partial charge in [-0.15, -0.1) is 0 Å². The fourth-order valence-corrected chi connectivity index (χ4v) is 5.04. The molecular weight excluding hydrogens is 404 g/mol. The Morgan fingerprint density at radius 3 is 2.73 bits per heavy atom. The number of aliphatic imine (C=N–C) groups is 1. The van der Waals surface area contributed by atoms with Crippen molar-refractivity contribution in [2.24, 2.45) is 16.5 Å². The number of amidine groups is 1. The number of nitrogens with two attached hydrogens (primary N) is 2. The van der Waals surface area contributed by atoms with Gasteiger partial charge in [0.05, 0.1) is 17.6 Å². The highest BCUT2D eigenvalue weighted by Crippen LogP contribution is 2.26. The fraction of sp³-hybridized carbons (Fsp3) is 0.300. The normalized spacial score (nSPS) is 24.7. The van der Waals surface area contributed by atoms with Crippen LogP contribution in [0.3, 0.4) is 0 Å². The Morgan fingerprint density at radius 1 is 1.23 bits per heavy atom. The summed E-state index contributed by atoms with van der Waals surface area (Å²) in [6.45, 7) is 0.734. The molecular formula is C20H24N6O3S. The van der Waals surface area contributed by atoms with Gasteiger partial charge in [-0.25, -0.2) is 13.4 Å². The summed E-state index contributed by atoms with van der Waals surface area (Å²) in [5, 5.41) is 2.94. The molecule has 2 aliphatic heterocycles. The summed E-state index contributed by atoms with van der Waals surface area (Å²) in [5.74, 6) is -0.302. The first kappa shape index (κ1) is 20.3. The fourth-order valence-electron chi connectivity index (χ4n) is 3.53. The third-order valence-corrected chi connectivity index (χ3v) is 6.95. The van der Waals surface area contributed by atoms with Gasteiger partial charge in [-0.3, -0.25) is 10.7 Å². The van der Waals surface area contributed by atoms with E-state index in [1.807, 2.05) is 6.07 Å². The number of pyridine rings is 1. The third kappa shape index (κ3) is 4.16. The molecule has 2 aromatic rings. The van der Waals surface area contributed by atoms with Crippen LogP contribution >= 0.6 is 0 Å². The molecule has 158 valence electrons. The molecule has 2 aliphatic rings. The van der Waals surface area contributed by atoms with Gasteiger partial charge in [-0.2, -0.15) is 4.31 Å². The Balaban J connectivity index is 1.49. The van der Waals surface area contributed by atoms with Crippen LogP contribution in [-0.4, -0.2) is 42.7 Å². The molecule has 10 heteroatoms. The second kappa shape index (κ2) is 8.05. The van der Waals surface area contributed by atoms with Gasteiger partial charge in [-0.05, 0) is 43.2 Å². The van der Waals surface area contributed by atoms with Crippen LogP contribution in [0.5, 0.6) is 5.75 Å². The van der Waals surface area contributed by atoms with Crippen molar-refractivity contribution < 1.29 is 13.2 Å². The zero-order valence-corrected chi connectivity index (χ0v) is 17.1. The quantitative estimate of drug-likeness (QED) is 0.642. The molecule has 1 saturated heterocycles. The number of nitrogens with zero attached hydrogens (tertiary/aromatic N) is 3. The number of benzene rings is 1. The predicted octanol–water partition coefficient (Wildman–Crippen LogP) is 0.857. The molecule has 2 unspecified atom stereocenters. The zero-order chi connectivity index (χ0) is 21.2. The monoisotopic (exact) mass is 428 g/mol. The minimum Gasteiger partial charge on any atom is -0.487 e. The topological polar surface area (TPSA) is 136 Å². The molecule has 1 aromatic carbocycles. The van der Waals surface area contributed by atoms with Gasteiger partial charge in [0.1, 0.15) is 17.7 Å². The van der Waals surface area contributed by atoms with E-state index in [9.17, 15) is 8.42 Å². The number of hydrogen-bond donors (Lipinski definition) is 3. The lowest BCUT2D eigenvalue weighted by atomic mass is 10.1. The summed E-state index contributed by atoms with van der Waals surface area (Å²) in [4.78, 5) is 8.43. The van der Waals surface area contributed by atoms with E-state index < -0.39 is 15.8 Å². The van der Waals surface area contributed by atoms with Crippen LogP contribution in [-0.2, 0) is 15.8 Å². The SMILES string of the molecule is NC1=NC(N)(c2ccc(S(=O)(=O)N3CCCC(Oc4cccnc4)C3)cc2)NC=C1. The van der Waals surface area contributed by atoms with E-state index in [0.717, 1.165) is 12.8 Å². The maximum absolute atomic E-state index is 13.2. The molecule has 2 atom stereocenters. The Bertz CT molecular complexity index is 1060. The number of sulfonamides is 1. The van der Waals surface area contributed by atoms with E-state index >= 15 is 0 Å². The van der Waals surface area contributed by atoms with Crippen molar-refractivity contribution in [2.45, 2.75) is 29.6 Å². The van der Waals surface area contributed by atoms with Gasteiger partial charge in [0.25, 0.3) is 0 Å². The van der Waals surface area contributed by atoms with Crippen molar-refractivity contribution in [1.82, 2.24) is 14.6 Å². The van der Waals surface area contributed by atoms with Crippen molar-refractivity contribution in [1.29, 1.82) is 0 Å². The number of hydrogen-bond acceptors (Lipinski definition) is 8. The Kier molecular flexibility index (Phi) is 5.46. The lowest BCUT2D eigenvalue weighted by Crippen LogP contribution is -2.49. The van der Waals surface area contributed by atoms with Gasteiger partial charge in [-0.1, -0.05) is 12.1 Å². The first-order valence-corrected chi connectivity index (χ1v) is 11.1. The van der Waals surface area contributed by atoms with Gasteiger partial charge in [0.2, 0.25) is 15.8 Å². The highest BCUT2D eigenvalue weighted by atomic mass is 32.2. The van der Waals surface area contributed by atoms with Crippen molar-refractivity contribution in [3.8, 4) is 5.75 Å². The first-order chi connectivity index (χ1) is 14.4. The molecule has 0 amide bonds. The largest absolute Gasteiger partial charge is 0.487 e. The van der Waals surface area contributed by atoms with Crippen molar-refractivity contribution in [3.63, 3.8) is 0 Å². The summed E-state index contributed by atoms with van der Waals surface area (Å²) in [6, 6.07) is 9.96. The molecule has 0 aliphatic carbocycles. The average Bonchev–Trinajstić information content (AvgIpc) is 2.75. The molecule has 0 saturated carbocycles. The van der Waals surface area contributed by atoms with Crippen LogP contribution < -0.4 is 21.5 Å². The molecule has 0 spiro atoms. The van der Waals surface area contributed by atoms with Crippen molar-refractivity contribution in [2.75, 3.05) is 13.1 Å². The molecule has 1 fully saturated rings. The van der Waals surface area contributed by atoms with E-state index in [1.165, 1.54) is 16.4 Å². The smallest absolute Gasteiger partial charge is 0.243 e. The highest BCUT2D eigenvalue weighted by Gasteiger charge is 2.32. The molecule has 4 rings (SSSR count). The summed E-state index contributed by atoms with van der Waals surface area (Å²) in [7, 11) is -3.66. The molecule has 0 bridgehead atoms. The van der Waals surface area contributed by atoms with Crippen LogP contribution in [0, 0.1) is 0 Å². The predicted molar refractivity (Wildman–Crippen MR) is 113 cm³/mol. The number of aromatic nitrogens is 1. The zero-order valence-electron chi connectivity index (χ0n) is 16.3. The summed E-state index contributed by atoms with van der Waals surface area (Å²) in [6.07, 6.45) is 7.79. The van der Waals surface area contributed by atoms with Crippen molar-refractivity contribution >= 4 is 15.9 Å². The lowest BCUT2D eigenvalue weighted by molar-refractivity contribution is 0.129. The molecule has 1 aromatic heterocycles. The summed E-state index contributed by atoms with van der Waals surface area (Å²) in [5.41, 5.74) is 12.6. The second-order valence-electron chi connectivity index (χ2n) is 7.24. The number of nitrogens with one attached hydrogen (secondary N) is 1. The molecule has 5 N–H and O–H groups in total. The van der Waals surface area contributed by atoms with Crippen LogP contribution in [0.4, 0.5) is 0 Å². The Hall–Kier alpha value is -2.95. The average molecular weight is 429 g/mol. The lowest BCUT2D eigenvalue weighted by Gasteiger charge is -2.32. The van der Waals surface area contributed by atoms with E-state index in [-0.39, 0.29) is 17.5 Å². The van der Waals surface area contributed by atoms with Crippen LogP contribution in [0.2, 0.25) is 0 Å².